The molecule has 1 atom stereocenters. The van der Waals surface area contributed by atoms with E-state index in [9.17, 15) is 9.36 Å². The number of benzene rings is 2. The van der Waals surface area contributed by atoms with Crippen molar-refractivity contribution in [1.82, 2.24) is 0 Å². The molecule has 0 fully saturated rings. The van der Waals surface area contributed by atoms with Crippen molar-refractivity contribution >= 4 is 19.4 Å². The Bertz CT molecular complexity index is 1080. The topological polar surface area (TPSA) is 144 Å². The highest BCUT2D eigenvalue weighted by molar-refractivity contribution is 7.46. The molecule has 0 bridgehead atoms. The quantitative estimate of drug-likeness (QED) is 0.208. The summed E-state index contributed by atoms with van der Waals surface area (Å²) in [5.74, 6) is 0.542. The van der Waals surface area contributed by atoms with E-state index in [0.717, 1.165) is 25.7 Å². The molecule has 3 rings (SSSR count). The minimum absolute atomic E-state index is 0.429. The van der Waals surface area contributed by atoms with Crippen molar-refractivity contribution in [3.63, 3.8) is 0 Å². The number of rotatable bonds is 13. The number of nitrogens with two attached hydrogens (primary N) is 1. The normalized spacial score (nSPS) is 12.3. The molecule has 1 amide bonds. The Morgan fingerprint density at radius 3 is 2.56 bits per heavy atom. The van der Waals surface area contributed by atoms with Crippen LogP contribution in [0.25, 0.3) is 11.3 Å². The van der Waals surface area contributed by atoms with E-state index in [-0.39, 0.29) is 0 Å². The lowest BCUT2D eigenvalue weighted by Gasteiger charge is -2.15. The molecule has 0 aliphatic heterocycles. The van der Waals surface area contributed by atoms with Gasteiger partial charge in [-0.15, -0.1) is 0 Å². The molecule has 0 aliphatic carbocycles. The summed E-state index contributed by atoms with van der Waals surface area (Å²) in [6.45, 7) is -0.0780. The molecular weight excluding hydrogens is 459 g/mol. The van der Waals surface area contributed by atoms with Crippen molar-refractivity contribution < 1.29 is 32.8 Å². The van der Waals surface area contributed by atoms with Gasteiger partial charge >= 0.3 is 7.82 Å². The molecule has 3 aromatic rings. The third kappa shape index (κ3) is 8.44. The van der Waals surface area contributed by atoms with Crippen LogP contribution in [0.1, 0.15) is 24.8 Å². The maximum absolute atomic E-state index is 12.3. The van der Waals surface area contributed by atoms with Crippen LogP contribution in [-0.4, -0.2) is 34.9 Å². The molecule has 9 nitrogen and oxygen atoms in total. The third-order valence-electron chi connectivity index (χ3n) is 5.00. The molecule has 0 aliphatic rings. The Labute approximate surface area is 198 Å². The number of aryl methyl sites for hydroxylation is 1. The van der Waals surface area contributed by atoms with Gasteiger partial charge in [0.05, 0.1) is 25.0 Å². The lowest BCUT2D eigenvalue weighted by molar-refractivity contribution is -0.118. The lowest BCUT2D eigenvalue weighted by atomic mass is 10.1. The molecule has 10 heteroatoms. The van der Waals surface area contributed by atoms with Crippen molar-refractivity contribution in [3.05, 3.63) is 72.5 Å². The monoisotopic (exact) mass is 488 g/mol. The summed E-state index contributed by atoms with van der Waals surface area (Å²) in [5, 5.41) is 2.61. The van der Waals surface area contributed by atoms with E-state index in [2.05, 4.69) is 22.0 Å². The number of hydrogen-bond donors (Lipinski definition) is 4. The van der Waals surface area contributed by atoms with Crippen molar-refractivity contribution in [2.45, 2.75) is 31.7 Å². The Morgan fingerprint density at radius 2 is 1.85 bits per heavy atom. The molecule has 0 saturated carbocycles. The summed E-state index contributed by atoms with van der Waals surface area (Å²) in [4.78, 5) is 29.8. The first kappa shape index (κ1) is 25.7. The second-order valence-corrected chi connectivity index (χ2v) is 8.95. The Kier molecular flexibility index (Phi) is 9.44. The van der Waals surface area contributed by atoms with E-state index in [1.165, 1.54) is 5.56 Å². The number of unbranched alkanes of at least 4 members (excludes halogenated alkanes) is 2. The largest absolute Gasteiger partial charge is 0.493 e. The minimum atomic E-state index is -4.71. The molecule has 34 heavy (non-hydrogen) atoms. The van der Waals surface area contributed by atoms with E-state index >= 15 is 0 Å². The van der Waals surface area contributed by atoms with E-state index < -0.39 is 26.4 Å². The van der Waals surface area contributed by atoms with Crippen molar-refractivity contribution in [2.75, 3.05) is 18.5 Å². The number of anilines is 1. The highest BCUT2D eigenvalue weighted by Crippen LogP contribution is 2.36. The minimum Gasteiger partial charge on any atom is -0.493 e. The first-order chi connectivity index (χ1) is 16.3. The smallest absolute Gasteiger partial charge is 0.469 e. The molecule has 1 heterocycles. The number of phosphoric acid groups is 1. The van der Waals surface area contributed by atoms with E-state index in [4.69, 9.17) is 24.7 Å². The highest BCUT2D eigenvalue weighted by atomic mass is 31.2. The summed E-state index contributed by atoms with van der Waals surface area (Å²) in [5.41, 5.74) is 8.07. The van der Waals surface area contributed by atoms with Gasteiger partial charge in [-0.2, -0.15) is 0 Å². The van der Waals surface area contributed by atoms with Gasteiger partial charge in [-0.1, -0.05) is 30.3 Å². The molecule has 2 aromatic carbocycles. The van der Waals surface area contributed by atoms with Gasteiger partial charge in [0.15, 0.2) is 0 Å². The average molecular weight is 488 g/mol. The van der Waals surface area contributed by atoms with E-state index in [1.807, 2.05) is 18.2 Å². The maximum atomic E-state index is 12.3. The highest BCUT2D eigenvalue weighted by Gasteiger charge is 2.21. The lowest BCUT2D eigenvalue weighted by Crippen LogP contribution is -2.39. The number of furan rings is 1. The number of hydrogen-bond acceptors (Lipinski definition) is 6. The van der Waals surface area contributed by atoms with Crippen LogP contribution in [-0.2, 0) is 20.3 Å². The molecule has 0 unspecified atom stereocenters. The van der Waals surface area contributed by atoms with E-state index in [0.29, 0.717) is 29.4 Å². The van der Waals surface area contributed by atoms with Crippen molar-refractivity contribution in [3.8, 4) is 17.1 Å². The van der Waals surface area contributed by atoms with Crippen molar-refractivity contribution in [2.24, 2.45) is 5.73 Å². The van der Waals surface area contributed by atoms with Gasteiger partial charge in [-0.05, 0) is 61.6 Å². The van der Waals surface area contributed by atoms with Crippen LogP contribution in [0.3, 0.4) is 0 Å². The number of nitrogens with one attached hydrogen (secondary N) is 1. The summed E-state index contributed by atoms with van der Waals surface area (Å²) < 4.78 is 26.6. The predicted molar refractivity (Wildman–Crippen MR) is 128 cm³/mol. The van der Waals surface area contributed by atoms with Crippen LogP contribution in [0.2, 0.25) is 0 Å². The summed E-state index contributed by atoms with van der Waals surface area (Å²) in [6.07, 6.45) is 5.60. The Morgan fingerprint density at radius 1 is 1.06 bits per heavy atom. The number of carbonyl (C=O) groups excluding carboxylic acids is 1. The fourth-order valence-corrected chi connectivity index (χ4v) is 3.64. The zero-order valence-corrected chi connectivity index (χ0v) is 19.5. The number of amides is 1. The van der Waals surface area contributed by atoms with Gasteiger partial charge in [0, 0.05) is 5.69 Å². The number of carbonyl (C=O) groups is 1. The fourth-order valence-electron chi connectivity index (χ4n) is 3.28. The van der Waals surface area contributed by atoms with Gasteiger partial charge in [-0.3, -0.25) is 9.32 Å². The Balaban J connectivity index is 1.55. The van der Waals surface area contributed by atoms with Gasteiger partial charge < -0.3 is 30.0 Å². The third-order valence-corrected chi connectivity index (χ3v) is 5.49. The molecule has 5 N–H and O–H groups in total. The van der Waals surface area contributed by atoms with Crippen LogP contribution < -0.4 is 15.8 Å². The van der Waals surface area contributed by atoms with Crippen LogP contribution in [0.5, 0.6) is 5.75 Å². The second-order valence-electron chi connectivity index (χ2n) is 7.72. The van der Waals surface area contributed by atoms with Gasteiger partial charge in [0.25, 0.3) is 0 Å². The van der Waals surface area contributed by atoms with E-state index in [1.54, 1.807) is 36.6 Å². The Hall–Kier alpha value is -2.94. The molecule has 182 valence electrons. The van der Waals surface area contributed by atoms with Gasteiger partial charge in [0.1, 0.15) is 17.6 Å². The summed E-state index contributed by atoms with van der Waals surface area (Å²) in [7, 11) is -4.71. The fraction of sp³-hybridized carbons (Fsp3) is 0.292. The van der Waals surface area contributed by atoms with Crippen molar-refractivity contribution in [1.29, 1.82) is 0 Å². The molecule has 0 saturated heterocycles. The van der Waals surface area contributed by atoms with Crippen LogP contribution >= 0.6 is 7.82 Å². The zero-order chi connectivity index (χ0) is 24.4. The first-order valence-corrected chi connectivity index (χ1v) is 12.5. The van der Waals surface area contributed by atoms with Crippen LogP contribution in [0.15, 0.2) is 71.3 Å². The number of phosphoric ester groups is 1. The molecule has 1 aromatic heterocycles. The zero-order valence-electron chi connectivity index (χ0n) is 18.6. The van der Waals surface area contributed by atoms with Crippen LogP contribution in [0.4, 0.5) is 5.69 Å². The SMILES string of the molecule is N[C@H](COP(=O)(O)O)C(=O)Nc1ccc(OCCCCCc2ccccc2)c(-c2ccco2)c1. The standard InChI is InChI=1S/C24H29N2O7P/c25-21(17-33-34(28,29)30)24(27)26-19-12-13-23(20(16-19)22-11-7-15-32-22)31-14-6-2-5-10-18-8-3-1-4-9-18/h1,3-4,7-9,11-13,15-16,21H,2,5-6,10,14,17,25H2,(H,26,27)(H2,28,29,30)/t21-/m1/s1. The predicted octanol–water partition coefficient (Wildman–Crippen LogP) is 4.11. The van der Waals surface area contributed by atoms with Gasteiger partial charge in [0.2, 0.25) is 5.91 Å². The summed E-state index contributed by atoms with van der Waals surface area (Å²) in [6, 6.07) is 17.7. The second kappa shape index (κ2) is 12.5. The molecule has 0 spiro atoms. The number of ether oxygens (including phenoxy) is 1. The van der Waals surface area contributed by atoms with Crippen LogP contribution in [0, 0.1) is 0 Å². The van der Waals surface area contributed by atoms with Gasteiger partial charge in [-0.25, -0.2) is 4.57 Å². The molecule has 0 radical (unpaired) electrons. The first-order valence-electron chi connectivity index (χ1n) is 10.9. The molecular formula is C24H29N2O7P. The average Bonchev–Trinajstić information content (AvgIpc) is 3.35. The summed E-state index contributed by atoms with van der Waals surface area (Å²) >= 11 is 0. The maximum Gasteiger partial charge on any atom is 0.469 e.